The number of carbonyl (C=O) groups excluding carboxylic acids is 1. The summed E-state index contributed by atoms with van der Waals surface area (Å²) in [5, 5.41) is 9.49. The average Bonchev–Trinajstić information content (AvgIpc) is 2.45. The first-order valence-corrected chi connectivity index (χ1v) is 4.46. The Labute approximate surface area is 72.7 Å². The summed E-state index contributed by atoms with van der Waals surface area (Å²) in [4.78, 5) is 11.2. The average molecular weight is 172 g/mol. The van der Waals surface area contributed by atoms with Gasteiger partial charge in [-0.1, -0.05) is 13.3 Å². The van der Waals surface area contributed by atoms with Crippen LogP contribution in [0.3, 0.4) is 0 Å². The highest BCUT2D eigenvalue weighted by molar-refractivity contribution is 5.73. The number of carbonyl (C=O) groups is 1. The van der Waals surface area contributed by atoms with Crippen LogP contribution in [0.4, 0.5) is 0 Å². The summed E-state index contributed by atoms with van der Waals surface area (Å²) in [6.45, 7) is 2.04. The van der Waals surface area contributed by atoms with E-state index in [1.807, 2.05) is 6.92 Å². The molecule has 3 atom stereocenters. The van der Waals surface area contributed by atoms with E-state index in [1.165, 1.54) is 7.11 Å². The molecule has 0 saturated heterocycles. The van der Waals surface area contributed by atoms with E-state index in [0.29, 0.717) is 5.92 Å². The summed E-state index contributed by atoms with van der Waals surface area (Å²) in [7, 11) is 1.38. The van der Waals surface area contributed by atoms with Crippen LogP contribution in [0.2, 0.25) is 0 Å². The Morgan fingerprint density at radius 1 is 1.58 bits per heavy atom. The van der Waals surface area contributed by atoms with Crippen LogP contribution >= 0.6 is 0 Å². The van der Waals surface area contributed by atoms with Gasteiger partial charge in [0.25, 0.3) is 0 Å². The number of aliphatic hydroxyl groups excluding tert-OH is 1. The Bertz CT molecular complexity index is 167. The lowest BCUT2D eigenvalue weighted by atomic mass is 9.93. The second kappa shape index (κ2) is 3.90. The van der Waals surface area contributed by atoms with E-state index < -0.39 is 6.10 Å². The molecule has 1 rings (SSSR count). The van der Waals surface area contributed by atoms with Crippen LogP contribution in [-0.4, -0.2) is 24.3 Å². The fourth-order valence-corrected chi connectivity index (χ4v) is 2.00. The first kappa shape index (κ1) is 9.52. The zero-order valence-corrected chi connectivity index (χ0v) is 7.62. The van der Waals surface area contributed by atoms with Crippen molar-refractivity contribution in [3.63, 3.8) is 0 Å². The van der Waals surface area contributed by atoms with Gasteiger partial charge in [0.2, 0.25) is 0 Å². The Hall–Kier alpha value is -0.570. The Balaban J connectivity index is 2.63. The quantitative estimate of drug-likeness (QED) is 0.631. The van der Waals surface area contributed by atoms with Gasteiger partial charge in [-0.3, -0.25) is 4.79 Å². The van der Waals surface area contributed by atoms with Crippen LogP contribution in [-0.2, 0) is 9.53 Å². The molecule has 0 aromatic rings. The molecule has 3 heteroatoms. The number of hydrogen-bond acceptors (Lipinski definition) is 3. The molecule has 0 spiro atoms. The van der Waals surface area contributed by atoms with Gasteiger partial charge < -0.3 is 9.84 Å². The van der Waals surface area contributed by atoms with Crippen molar-refractivity contribution < 1.29 is 14.6 Å². The number of hydrogen-bond donors (Lipinski definition) is 1. The normalized spacial score (nSPS) is 35.1. The molecule has 0 aliphatic heterocycles. The largest absolute Gasteiger partial charge is 0.469 e. The van der Waals surface area contributed by atoms with Gasteiger partial charge in [-0.25, -0.2) is 0 Å². The molecular weight excluding hydrogens is 156 g/mol. The summed E-state index contributed by atoms with van der Waals surface area (Å²) in [5.41, 5.74) is 0. The molecule has 3 nitrogen and oxygen atoms in total. The lowest BCUT2D eigenvalue weighted by Gasteiger charge is -2.17. The highest BCUT2D eigenvalue weighted by Crippen LogP contribution is 2.34. The highest BCUT2D eigenvalue weighted by atomic mass is 16.5. The molecule has 3 unspecified atom stereocenters. The van der Waals surface area contributed by atoms with Crippen molar-refractivity contribution in [2.75, 3.05) is 7.11 Å². The molecule has 1 aliphatic carbocycles. The van der Waals surface area contributed by atoms with Crippen molar-refractivity contribution in [1.82, 2.24) is 0 Å². The first-order valence-electron chi connectivity index (χ1n) is 4.46. The number of esters is 1. The topological polar surface area (TPSA) is 46.5 Å². The summed E-state index contributed by atoms with van der Waals surface area (Å²) < 4.78 is 4.64. The van der Waals surface area contributed by atoms with Crippen molar-refractivity contribution in [2.45, 2.75) is 32.3 Å². The van der Waals surface area contributed by atoms with Crippen LogP contribution < -0.4 is 0 Å². The summed E-state index contributed by atoms with van der Waals surface area (Å²) in [6.07, 6.45) is 2.13. The van der Waals surface area contributed by atoms with Gasteiger partial charge in [0, 0.05) is 0 Å². The maximum Gasteiger partial charge on any atom is 0.311 e. The van der Waals surface area contributed by atoms with Gasteiger partial charge >= 0.3 is 5.97 Å². The molecule has 1 N–H and O–H groups in total. The lowest BCUT2D eigenvalue weighted by Crippen LogP contribution is -2.28. The second-order valence-corrected chi connectivity index (χ2v) is 3.36. The van der Waals surface area contributed by atoms with Crippen molar-refractivity contribution in [2.24, 2.45) is 11.8 Å². The second-order valence-electron chi connectivity index (χ2n) is 3.36. The number of ether oxygens (including phenoxy) is 1. The molecule has 70 valence electrons. The fourth-order valence-electron chi connectivity index (χ4n) is 2.00. The fraction of sp³-hybridized carbons (Fsp3) is 0.889. The molecule has 0 bridgehead atoms. The zero-order chi connectivity index (χ0) is 9.14. The van der Waals surface area contributed by atoms with E-state index in [4.69, 9.17) is 0 Å². The van der Waals surface area contributed by atoms with E-state index in [2.05, 4.69) is 4.74 Å². The van der Waals surface area contributed by atoms with Crippen LogP contribution in [0.15, 0.2) is 0 Å². The minimum atomic E-state index is -0.484. The predicted octanol–water partition coefficient (Wildman–Crippen LogP) is 0.956. The lowest BCUT2D eigenvalue weighted by molar-refractivity contribution is -0.150. The summed E-state index contributed by atoms with van der Waals surface area (Å²) in [5.74, 6) is -0.223. The molecule has 1 fully saturated rings. The number of methoxy groups -OCH3 is 1. The van der Waals surface area contributed by atoms with Gasteiger partial charge in [-0.2, -0.15) is 0 Å². The molecule has 0 aromatic heterocycles. The molecule has 1 aliphatic rings. The van der Waals surface area contributed by atoms with E-state index in [-0.39, 0.29) is 11.9 Å². The minimum absolute atomic E-state index is 0.258. The summed E-state index contributed by atoms with van der Waals surface area (Å²) in [6, 6.07) is 0. The molecular formula is C9H16O3. The smallest absolute Gasteiger partial charge is 0.311 e. The molecule has 0 aromatic carbocycles. The van der Waals surface area contributed by atoms with Crippen LogP contribution in [0, 0.1) is 11.8 Å². The van der Waals surface area contributed by atoms with E-state index in [1.54, 1.807) is 0 Å². The maximum atomic E-state index is 11.2. The number of rotatable bonds is 2. The standard InChI is InChI=1S/C9H16O3/c1-3-6-4-5-7(10)8(6)9(11)12-2/h6-8,10H,3-5H2,1-2H3. The minimum Gasteiger partial charge on any atom is -0.469 e. The van der Waals surface area contributed by atoms with Gasteiger partial charge in [0.15, 0.2) is 0 Å². The van der Waals surface area contributed by atoms with Crippen LogP contribution in [0.1, 0.15) is 26.2 Å². The van der Waals surface area contributed by atoms with Crippen molar-refractivity contribution in [3.8, 4) is 0 Å². The third-order valence-corrected chi connectivity index (χ3v) is 2.75. The number of aliphatic hydroxyl groups is 1. The van der Waals surface area contributed by atoms with E-state index in [0.717, 1.165) is 19.3 Å². The Morgan fingerprint density at radius 3 is 2.75 bits per heavy atom. The molecule has 0 radical (unpaired) electrons. The first-order chi connectivity index (χ1) is 5.70. The van der Waals surface area contributed by atoms with Crippen molar-refractivity contribution in [1.29, 1.82) is 0 Å². The van der Waals surface area contributed by atoms with Crippen molar-refractivity contribution >= 4 is 5.97 Å². The molecule has 12 heavy (non-hydrogen) atoms. The zero-order valence-electron chi connectivity index (χ0n) is 7.62. The van der Waals surface area contributed by atoms with Gasteiger partial charge in [-0.05, 0) is 18.8 Å². The maximum absolute atomic E-state index is 11.2. The van der Waals surface area contributed by atoms with E-state index >= 15 is 0 Å². The van der Waals surface area contributed by atoms with Gasteiger partial charge in [-0.15, -0.1) is 0 Å². The molecule has 0 heterocycles. The molecule has 0 amide bonds. The Kier molecular flexibility index (Phi) is 3.09. The van der Waals surface area contributed by atoms with Gasteiger partial charge in [0.05, 0.1) is 19.1 Å². The highest BCUT2D eigenvalue weighted by Gasteiger charge is 2.39. The van der Waals surface area contributed by atoms with Crippen LogP contribution in [0.5, 0.6) is 0 Å². The third kappa shape index (κ3) is 1.61. The van der Waals surface area contributed by atoms with Crippen molar-refractivity contribution in [3.05, 3.63) is 0 Å². The summed E-state index contributed by atoms with van der Waals surface area (Å²) >= 11 is 0. The van der Waals surface area contributed by atoms with E-state index in [9.17, 15) is 9.90 Å². The van der Waals surface area contributed by atoms with Crippen LogP contribution in [0.25, 0.3) is 0 Å². The van der Waals surface area contributed by atoms with Gasteiger partial charge in [0.1, 0.15) is 0 Å². The predicted molar refractivity (Wildman–Crippen MR) is 44.5 cm³/mol. The molecule has 1 saturated carbocycles. The monoisotopic (exact) mass is 172 g/mol. The SMILES string of the molecule is CCC1CCC(O)C1C(=O)OC. The third-order valence-electron chi connectivity index (χ3n) is 2.75. The Morgan fingerprint density at radius 2 is 2.25 bits per heavy atom.